The van der Waals surface area contributed by atoms with Crippen LogP contribution in [0.4, 0.5) is 0 Å². The molecule has 0 amide bonds. The van der Waals surface area contributed by atoms with Crippen LogP contribution in [-0.2, 0) is 6.54 Å². The molecule has 2 aliphatic rings. The molecule has 2 heterocycles. The first-order valence-electron chi connectivity index (χ1n) is 6.90. The third-order valence-electron chi connectivity index (χ3n) is 3.70. The second kappa shape index (κ2) is 5.83. The van der Waals surface area contributed by atoms with Crippen LogP contribution >= 0.6 is 11.8 Å². The van der Waals surface area contributed by atoms with Gasteiger partial charge in [-0.1, -0.05) is 24.6 Å². The lowest BCUT2D eigenvalue weighted by molar-refractivity contribution is 0.287. The normalized spacial score (nSPS) is 21.0. The molecule has 98 valence electrons. The van der Waals surface area contributed by atoms with Crippen LogP contribution in [0.5, 0.6) is 0 Å². The van der Waals surface area contributed by atoms with Gasteiger partial charge in [0.05, 0.1) is 12.8 Å². The van der Waals surface area contributed by atoms with Crippen molar-refractivity contribution >= 4 is 16.9 Å². The summed E-state index contributed by atoms with van der Waals surface area (Å²) in [7, 11) is 0. The van der Waals surface area contributed by atoms with Crippen LogP contribution in [0.15, 0.2) is 27.8 Å². The second-order valence-corrected chi connectivity index (χ2v) is 6.07. The first-order chi connectivity index (χ1) is 8.93. The number of hydrogen-bond donors (Lipinski definition) is 0. The van der Waals surface area contributed by atoms with Crippen LogP contribution < -0.4 is 0 Å². The summed E-state index contributed by atoms with van der Waals surface area (Å²) in [6.45, 7) is 1.87. The van der Waals surface area contributed by atoms with Crippen molar-refractivity contribution in [3.05, 3.63) is 24.2 Å². The summed E-state index contributed by atoms with van der Waals surface area (Å²) in [6, 6.07) is 4.70. The van der Waals surface area contributed by atoms with Crippen molar-refractivity contribution in [3.8, 4) is 0 Å². The van der Waals surface area contributed by atoms with Crippen molar-refractivity contribution in [1.82, 2.24) is 4.90 Å². The number of rotatable bonds is 3. The summed E-state index contributed by atoms with van der Waals surface area (Å²) in [5, 5.41) is 1.24. The second-order valence-electron chi connectivity index (χ2n) is 5.01. The number of aliphatic imine (C=N–C) groups is 1. The van der Waals surface area contributed by atoms with Gasteiger partial charge in [0.2, 0.25) is 0 Å². The van der Waals surface area contributed by atoms with Crippen molar-refractivity contribution in [2.75, 3.05) is 12.3 Å². The lowest BCUT2D eigenvalue weighted by atomic mass is 10.2. The van der Waals surface area contributed by atoms with E-state index in [4.69, 9.17) is 9.41 Å². The topological polar surface area (TPSA) is 28.7 Å². The molecular formula is C14H20N2OS. The molecule has 0 bridgehead atoms. The average Bonchev–Trinajstić information content (AvgIpc) is 3.10. The SMILES string of the molecule is c1coc(CN(C2=NCCCS2)C2CCCC2)c1. The molecule has 0 N–H and O–H groups in total. The smallest absolute Gasteiger partial charge is 0.159 e. The molecule has 1 aromatic rings. The van der Waals surface area contributed by atoms with Gasteiger partial charge in [0.15, 0.2) is 5.17 Å². The van der Waals surface area contributed by atoms with E-state index < -0.39 is 0 Å². The van der Waals surface area contributed by atoms with E-state index in [1.54, 1.807) is 6.26 Å². The first kappa shape index (κ1) is 12.2. The molecule has 1 fully saturated rings. The average molecular weight is 264 g/mol. The maximum Gasteiger partial charge on any atom is 0.159 e. The first-order valence-corrected chi connectivity index (χ1v) is 7.88. The third-order valence-corrected chi connectivity index (χ3v) is 4.81. The summed E-state index contributed by atoms with van der Waals surface area (Å²) in [5.74, 6) is 2.26. The van der Waals surface area contributed by atoms with Crippen LogP contribution in [-0.4, -0.2) is 28.4 Å². The van der Waals surface area contributed by atoms with E-state index in [0.29, 0.717) is 6.04 Å². The van der Waals surface area contributed by atoms with Gasteiger partial charge in [-0.25, -0.2) is 0 Å². The Labute approximate surface area is 113 Å². The molecule has 1 saturated carbocycles. The lowest BCUT2D eigenvalue weighted by Gasteiger charge is -2.32. The molecule has 0 spiro atoms. The Kier molecular flexibility index (Phi) is 3.93. The number of furan rings is 1. The van der Waals surface area contributed by atoms with Gasteiger partial charge in [0.25, 0.3) is 0 Å². The van der Waals surface area contributed by atoms with E-state index in [9.17, 15) is 0 Å². The maximum absolute atomic E-state index is 5.51. The quantitative estimate of drug-likeness (QED) is 0.836. The zero-order valence-corrected chi connectivity index (χ0v) is 11.5. The monoisotopic (exact) mass is 264 g/mol. The van der Waals surface area contributed by atoms with Gasteiger partial charge in [-0.2, -0.15) is 0 Å². The Morgan fingerprint density at radius 1 is 1.33 bits per heavy atom. The van der Waals surface area contributed by atoms with Crippen molar-refractivity contribution in [2.24, 2.45) is 4.99 Å². The Bertz CT molecular complexity index is 396. The summed E-state index contributed by atoms with van der Waals surface area (Å²) in [5.41, 5.74) is 0. The molecule has 1 aromatic heterocycles. The number of amidine groups is 1. The van der Waals surface area contributed by atoms with Crippen LogP contribution in [0.1, 0.15) is 37.9 Å². The summed E-state index contributed by atoms with van der Waals surface area (Å²) in [6.07, 6.45) is 8.31. The van der Waals surface area contributed by atoms with Gasteiger partial charge in [-0.3, -0.25) is 4.99 Å². The Morgan fingerprint density at radius 3 is 2.89 bits per heavy atom. The summed E-state index contributed by atoms with van der Waals surface area (Å²) >= 11 is 1.91. The maximum atomic E-state index is 5.51. The largest absolute Gasteiger partial charge is 0.467 e. The van der Waals surface area contributed by atoms with Gasteiger partial charge in [0, 0.05) is 18.3 Å². The molecule has 1 aliphatic heterocycles. The number of hydrogen-bond acceptors (Lipinski definition) is 4. The predicted octanol–water partition coefficient (Wildman–Crippen LogP) is 3.52. The standard InChI is InChI=1S/C14H20N2OS/c1-2-6-12(5-1)16(11-13-7-3-9-17-13)14-15-8-4-10-18-14/h3,7,9,12H,1-2,4-6,8,10-11H2. The molecule has 0 saturated heterocycles. The molecule has 0 atom stereocenters. The fourth-order valence-electron chi connectivity index (χ4n) is 2.76. The van der Waals surface area contributed by atoms with Crippen LogP contribution in [0.25, 0.3) is 0 Å². The van der Waals surface area contributed by atoms with Crippen LogP contribution in [0.3, 0.4) is 0 Å². The van der Waals surface area contributed by atoms with E-state index in [0.717, 1.165) is 18.8 Å². The zero-order chi connectivity index (χ0) is 12.2. The molecule has 0 radical (unpaired) electrons. The highest BCUT2D eigenvalue weighted by Crippen LogP contribution is 2.29. The Morgan fingerprint density at radius 2 is 2.22 bits per heavy atom. The van der Waals surface area contributed by atoms with Gasteiger partial charge < -0.3 is 9.32 Å². The molecule has 0 unspecified atom stereocenters. The van der Waals surface area contributed by atoms with Gasteiger partial charge in [-0.05, 0) is 31.4 Å². The highest BCUT2D eigenvalue weighted by Gasteiger charge is 2.27. The highest BCUT2D eigenvalue weighted by molar-refractivity contribution is 8.13. The Balaban J connectivity index is 1.76. The van der Waals surface area contributed by atoms with Crippen LogP contribution in [0.2, 0.25) is 0 Å². The van der Waals surface area contributed by atoms with Gasteiger partial charge in [-0.15, -0.1) is 0 Å². The molecule has 3 rings (SSSR count). The minimum atomic E-state index is 0.666. The predicted molar refractivity (Wildman–Crippen MR) is 75.9 cm³/mol. The summed E-state index contributed by atoms with van der Waals surface area (Å²) in [4.78, 5) is 7.20. The number of nitrogens with zero attached hydrogens (tertiary/aromatic N) is 2. The van der Waals surface area contributed by atoms with E-state index in [2.05, 4.69) is 11.0 Å². The zero-order valence-electron chi connectivity index (χ0n) is 10.7. The molecule has 3 nitrogen and oxygen atoms in total. The fraction of sp³-hybridized carbons (Fsp3) is 0.643. The third kappa shape index (κ3) is 2.74. The van der Waals surface area contributed by atoms with Gasteiger partial charge >= 0.3 is 0 Å². The minimum Gasteiger partial charge on any atom is -0.467 e. The minimum absolute atomic E-state index is 0.666. The molecule has 1 aliphatic carbocycles. The van der Waals surface area contributed by atoms with Crippen molar-refractivity contribution in [1.29, 1.82) is 0 Å². The molecule has 18 heavy (non-hydrogen) atoms. The Hall–Kier alpha value is -0.900. The number of thioether (sulfide) groups is 1. The van der Waals surface area contributed by atoms with E-state index in [-0.39, 0.29) is 0 Å². The molecule has 4 heteroatoms. The van der Waals surface area contributed by atoms with E-state index >= 15 is 0 Å². The van der Waals surface area contributed by atoms with Crippen molar-refractivity contribution in [2.45, 2.75) is 44.7 Å². The van der Waals surface area contributed by atoms with E-state index in [1.165, 1.54) is 43.0 Å². The summed E-state index contributed by atoms with van der Waals surface area (Å²) < 4.78 is 5.51. The van der Waals surface area contributed by atoms with Crippen molar-refractivity contribution in [3.63, 3.8) is 0 Å². The van der Waals surface area contributed by atoms with Crippen LogP contribution in [0, 0.1) is 0 Å². The molecule has 0 aromatic carbocycles. The fourth-order valence-corrected chi connectivity index (χ4v) is 3.78. The molecular weight excluding hydrogens is 244 g/mol. The van der Waals surface area contributed by atoms with E-state index in [1.807, 2.05) is 17.8 Å². The lowest BCUT2D eigenvalue weighted by Crippen LogP contribution is -2.37. The van der Waals surface area contributed by atoms with Gasteiger partial charge in [0.1, 0.15) is 5.76 Å². The highest BCUT2D eigenvalue weighted by atomic mass is 32.2. The van der Waals surface area contributed by atoms with Crippen molar-refractivity contribution < 1.29 is 4.42 Å².